The largest absolute Gasteiger partial charge is 0.495 e. The van der Waals surface area contributed by atoms with Gasteiger partial charge in [0, 0.05) is 21.7 Å². The Kier molecular flexibility index (Phi) is 11.6. The molecule has 246 valence electrons. The molecule has 47 heavy (non-hydrogen) atoms. The molecule has 0 saturated carbocycles. The van der Waals surface area contributed by atoms with Gasteiger partial charge in [-0.05, 0) is 79.6 Å². The average Bonchev–Trinajstić information content (AvgIpc) is 3.04. The van der Waals surface area contributed by atoms with Gasteiger partial charge in [-0.3, -0.25) is 19.2 Å². The third kappa shape index (κ3) is 8.91. The molecular weight excluding hydrogens is 671 g/mol. The summed E-state index contributed by atoms with van der Waals surface area (Å²) in [6.45, 7) is 3.20. The minimum absolute atomic E-state index is 0.0575. The van der Waals surface area contributed by atoms with E-state index in [4.69, 9.17) is 37.4 Å². The van der Waals surface area contributed by atoms with Crippen molar-refractivity contribution in [3.05, 3.63) is 116 Å². The van der Waals surface area contributed by atoms with Gasteiger partial charge in [0.15, 0.2) is 11.5 Å². The third-order valence-electron chi connectivity index (χ3n) is 6.64. The number of carbonyl (C=O) groups excluding carboxylic acids is 1. The highest BCUT2D eigenvalue weighted by molar-refractivity contribution is 7.92. The van der Waals surface area contributed by atoms with E-state index < -0.39 is 38.0 Å². The Labute approximate surface area is 281 Å². The van der Waals surface area contributed by atoms with Crippen molar-refractivity contribution in [2.75, 3.05) is 24.6 Å². The van der Waals surface area contributed by atoms with Crippen molar-refractivity contribution < 1.29 is 32.3 Å². The number of nitrogens with zero attached hydrogens (tertiary/aromatic N) is 3. The van der Waals surface area contributed by atoms with Crippen molar-refractivity contribution in [1.29, 1.82) is 0 Å². The quantitative estimate of drug-likeness (QED) is 0.0885. The van der Waals surface area contributed by atoms with Gasteiger partial charge < -0.3 is 14.2 Å². The highest BCUT2D eigenvalue weighted by atomic mass is 35.5. The van der Waals surface area contributed by atoms with Crippen LogP contribution < -0.4 is 23.9 Å². The van der Waals surface area contributed by atoms with E-state index >= 15 is 0 Å². The zero-order valence-electron chi connectivity index (χ0n) is 25.5. The lowest BCUT2D eigenvalue weighted by Crippen LogP contribution is -2.39. The molecule has 4 aromatic carbocycles. The second kappa shape index (κ2) is 15.6. The molecule has 4 aromatic rings. The van der Waals surface area contributed by atoms with Gasteiger partial charge in [0.25, 0.3) is 21.6 Å². The third-order valence-corrected chi connectivity index (χ3v) is 8.88. The molecule has 0 heterocycles. The zero-order valence-corrected chi connectivity index (χ0v) is 27.8. The number of aryl methyl sites for hydroxylation is 1. The van der Waals surface area contributed by atoms with Crippen molar-refractivity contribution in [1.82, 2.24) is 5.43 Å². The van der Waals surface area contributed by atoms with Gasteiger partial charge in [0.1, 0.15) is 18.9 Å². The summed E-state index contributed by atoms with van der Waals surface area (Å²) in [5.74, 6) is 0.226. The van der Waals surface area contributed by atoms with E-state index in [0.29, 0.717) is 28.7 Å². The number of anilines is 1. The zero-order chi connectivity index (χ0) is 34.1. The molecule has 0 bridgehead atoms. The number of methoxy groups -OCH3 is 1. The summed E-state index contributed by atoms with van der Waals surface area (Å²) >= 11 is 12.1. The summed E-state index contributed by atoms with van der Waals surface area (Å²) in [4.78, 5) is 23.6. The molecule has 0 saturated heterocycles. The second-order valence-corrected chi connectivity index (χ2v) is 12.6. The minimum atomic E-state index is -4.55. The van der Waals surface area contributed by atoms with Crippen LogP contribution in [0.1, 0.15) is 23.6 Å². The molecule has 0 aromatic heterocycles. The summed E-state index contributed by atoms with van der Waals surface area (Å²) in [6.07, 6.45) is 1.35. The van der Waals surface area contributed by atoms with Crippen LogP contribution in [0.25, 0.3) is 0 Å². The van der Waals surface area contributed by atoms with E-state index in [2.05, 4.69) is 10.5 Å². The SMILES string of the molecule is CCOc1cc(/C=N\NC(=O)CN(c2cc(Cl)ccc2OC)S(=O)(=O)c2ccc(C)c([N+](=O)[O-])c2)ccc1OCc1ccc(Cl)cc1. The predicted molar refractivity (Wildman–Crippen MR) is 180 cm³/mol. The van der Waals surface area contributed by atoms with Crippen LogP contribution in [-0.2, 0) is 21.4 Å². The molecule has 0 radical (unpaired) electrons. The van der Waals surface area contributed by atoms with Crippen molar-refractivity contribution in [3.63, 3.8) is 0 Å². The lowest BCUT2D eigenvalue weighted by molar-refractivity contribution is -0.385. The Morgan fingerprint density at radius 3 is 2.34 bits per heavy atom. The maximum absolute atomic E-state index is 13.9. The van der Waals surface area contributed by atoms with Crippen molar-refractivity contribution >= 4 is 56.7 Å². The fraction of sp³-hybridized carbons (Fsp3) is 0.188. The van der Waals surface area contributed by atoms with E-state index in [1.54, 1.807) is 30.3 Å². The van der Waals surface area contributed by atoms with Gasteiger partial charge in [-0.1, -0.05) is 41.4 Å². The number of hydrogen-bond donors (Lipinski definition) is 1. The van der Waals surface area contributed by atoms with Crippen LogP contribution in [0.2, 0.25) is 10.0 Å². The monoisotopic (exact) mass is 700 g/mol. The first-order chi connectivity index (χ1) is 22.4. The number of carbonyl (C=O) groups is 1. The first kappa shape index (κ1) is 35.0. The Morgan fingerprint density at radius 1 is 0.957 bits per heavy atom. The molecule has 0 aliphatic rings. The van der Waals surface area contributed by atoms with Crippen LogP contribution in [0, 0.1) is 17.0 Å². The molecular formula is C32H30Cl2N4O8S. The van der Waals surface area contributed by atoms with Gasteiger partial charge in [-0.15, -0.1) is 0 Å². The van der Waals surface area contributed by atoms with Gasteiger partial charge in [-0.2, -0.15) is 5.10 Å². The first-order valence-electron chi connectivity index (χ1n) is 14.0. The number of hydrazone groups is 1. The van der Waals surface area contributed by atoms with Crippen LogP contribution >= 0.6 is 23.2 Å². The number of rotatable bonds is 14. The summed E-state index contributed by atoms with van der Waals surface area (Å²) < 4.78 is 45.5. The molecule has 1 amide bonds. The number of benzene rings is 4. The molecule has 0 aliphatic heterocycles. The average molecular weight is 702 g/mol. The maximum Gasteiger partial charge on any atom is 0.273 e. The van der Waals surface area contributed by atoms with E-state index in [-0.39, 0.29) is 28.6 Å². The van der Waals surface area contributed by atoms with Gasteiger partial charge in [0.05, 0.1) is 35.4 Å². The second-order valence-electron chi connectivity index (χ2n) is 9.88. The van der Waals surface area contributed by atoms with E-state index in [0.717, 1.165) is 15.9 Å². The Hall–Kier alpha value is -4.85. The van der Waals surface area contributed by atoms with E-state index in [9.17, 15) is 23.3 Å². The summed E-state index contributed by atoms with van der Waals surface area (Å²) in [5.41, 5.74) is 3.60. The Morgan fingerprint density at radius 2 is 1.66 bits per heavy atom. The molecule has 0 aliphatic carbocycles. The minimum Gasteiger partial charge on any atom is -0.495 e. The maximum atomic E-state index is 13.9. The fourth-order valence-electron chi connectivity index (χ4n) is 4.31. The summed E-state index contributed by atoms with van der Waals surface area (Å²) in [5, 5.41) is 16.3. The highest BCUT2D eigenvalue weighted by Crippen LogP contribution is 2.36. The molecule has 0 atom stereocenters. The molecule has 15 heteroatoms. The standard InChI is InChI=1S/C32H30Cl2N4O8S/c1-4-45-31-15-23(8-13-30(31)46-20-22-6-9-24(33)10-7-22)18-35-36-32(39)19-37(28-16-25(34)11-14-29(28)44-3)47(42,43)26-12-5-21(2)27(17-26)38(40)41/h5-18H,4,19-20H2,1-3H3,(H,36,39)/b35-18-. The fourth-order valence-corrected chi connectivity index (χ4v) is 6.05. The van der Waals surface area contributed by atoms with Gasteiger partial charge >= 0.3 is 0 Å². The van der Waals surface area contributed by atoms with E-state index in [1.807, 2.05) is 19.1 Å². The van der Waals surface area contributed by atoms with Crippen molar-refractivity contribution in [2.24, 2.45) is 5.10 Å². The molecule has 1 N–H and O–H groups in total. The Balaban J connectivity index is 1.56. The first-order valence-corrected chi connectivity index (χ1v) is 16.2. The van der Waals surface area contributed by atoms with Crippen LogP contribution in [0.5, 0.6) is 17.2 Å². The number of nitrogens with one attached hydrogen (secondary N) is 1. The molecule has 0 unspecified atom stereocenters. The van der Waals surface area contributed by atoms with Crippen LogP contribution in [-0.4, -0.2) is 45.7 Å². The predicted octanol–water partition coefficient (Wildman–Crippen LogP) is 6.54. The number of sulfonamides is 1. The highest BCUT2D eigenvalue weighted by Gasteiger charge is 2.31. The smallest absolute Gasteiger partial charge is 0.273 e. The van der Waals surface area contributed by atoms with Gasteiger partial charge in [-0.25, -0.2) is 13.8 Å². The summed E-state index contributed by atoms with van der Waals surface area (Å²) in [6, 6.07) is 20.0. The van der Waals surface area contributed by atoms with Crippen LogP contribution in [0.3, 0.4) is 0 Å². The lowest BCUT2D eigenvalue weighted by Gasteiger charge is -2.25. The number of nitro benzene ring substituents is 1. The number of nitro groups is 1. The molecule has 0 fully saturated rings. The van der Waals surface area contributed by atoms with Crippen LogP contribution in [0.15, 0.2) is 88.9 Å². The molecule has 0 spiro atoms. The lowest BCUT2D eigenvalue weighted by atomic mass is 10.2. The molecule has 4 rings (SSSR count). The van der Waals surface area contributed by atoms with Crippen molar-refractivity contribution in [3.8, 4) is 17.2 Å². The van der Waals surface area contributed by atoms with Crippen molar-refractivity contribution in [2.45, 2.75) is 25.3 Å². The summed E-state index contributed by atoms with van der Waals surface area (Å²) in [7, 11) is -3.23. The topological polar surface area (TPSA) is 150 Å². The number of amides is 1. The Bertz CT molecular complexity index is 1900. The number of halogens is 2. The van der Waals surface area contributed by atoms with Gasteiger partial charge in [0.2, 0.25) is 0 Å². The number of ether oxygens (including phenoxy) is 3. The normalized spacial score (nSPS) is 11.3. The number of hydrogen-bond acceptors (Lipinski definition) is 9. The molecule has 12 nitrogen and oxygen atoms in total. The van der Waals surface area contributed by atoms with E-state index in [1.165, 1.54) is 50.6 Å². The van der Waals surface area contributed by atoms with Crippen LogP contribution in [0.4, 0.5) is 11.4 Å².